The summed E-state index contributed by atoms with van der Waals surface area (Å²) in [4.78, 5) is 21.7. The van der Waals surface area contributed by atoms with Crippen molar-refractivity contribution in [1.82, 2.24) is 9.97 Å². The van der Waals surface area contributed by atoms with E-state index in [9.17, 15) is 4.79 Å². The fourth-order valence-electron chi connectivity index (χ4n) is 2.37. The van der Waals surface area contributed by atoms with Crippen molar-refractivity contribution in [2.24, 2.45) is 5.92 Å². The van der Waals surface area contributed by atoms with E-state index in [1.54, 1.807) is 11.3 Å². The smallest absolute Gasteiger partial charge is 0.259 e. The molecule has 0 saturated heterocycles. The zero-order valence-electron chi connectivity index (χ0n) is 10.2. The van der Waals surface area contributed by atoms with Gasteiger partial charge in [-0.2, -0.15) is 0 Å². The SMILES string of the molecule is Cc1sc2nc(CC3CCC3)[nH]c(=O)c2c1C. The predicted octanol–water partition coefficient (Wildman–Crippen LogP) is 2.94. The molecule has 1 fully saturated rings. The van der Waals surface area contributed by atoms with Crippen molar-refractivity contribution in [1.29, 1.82) is 0 Å². The zero-order valence-corrected chi connectivity index (χ0v) is 11.0. The molecule has 0 radical (unpaired) electrons. The van der Waals surface area contributed by atoms with Crippen LogP contribution >= 0.6 is 11.3 Å². The van der Waals surface area contributed by atoms with Crippen LogP contribution in [0.15, 0.2) is 4.79 Å². The van der Waals surface area contributed by atoms with Gasteiger partial charge in [-0.15, -0.1) is 11.3 Å². The van der Waals surface area contributed by atoms with Gasteiger partial charge in [0.2, 0.25) is 0 Å². The minimum Gasteiger partial charge on any atom is -0.310 e. The molecule has 17 heavy (non-hydrogen) atoms. The van der Waals surface area contributed by atoms with Crippen LogP contribution in [0.25, 0.3) is 10.2 Å². The van der Waals surface area contributed by atoms with E-state index in [0.29, 0.717) is 0 Å². The van der Waals surface area contributed by atoms with Gasteiger partial charge in [-0.1, -0.05) is 19.3 Å². The number of thiophene rings is 1. The second-order valence-electron chi connectivity index (χ2n) is 4.98. The summed E-state index contributed by atoms with van der Waals surface area (Å²) in [6.07, 6.45) is 4.82. The van der Waals surface area contributed by atoms with Crippen LogP contribution in [-0.2, 0) is 6.42 Å². The van der Waals surface area contributed by atoms with Gasteiger partial charge < -0.3 is 4.98 Å². The summed E-state index contributed by atoms with van der Waals surface area (Å²) in [6, 6.07) is 0. The second kappa shape index (κ2) is 3.95. The number of hydrogen-bond donors (Lipinski definition) is 1. The van der Waals surface area contributed by atoms with E-state index in [1.807, 2.05) is 13.8 Å². The van der Waals surface area contributed by atoms with Crippen molar-refractivity contribution < 1.29 is 0 Å². The van der Waals surface area contributed by atoms with E-state index in [4.69, 9.17) is 0 Å². The second-order valence-corrected chi connectivity index (χ2v) is 6.18. The third-order valence-corrected chi connectivity index (χ3v) is 4.90. The van der Waals surface area contributed by atoms with Crippen molar-refractivity contribution in [3.63, 3.8) is 0 Å². The maximum Gasteiger partial charge on any atom is 0.259 e. The molecule has 90 valence electrons. The maximum atomic E-state index is 12.0. The molecular formula is C13H16N2OS. The van der Waals surface area contributed by atoms with Gasteiger partial charge in [0.05, 0.1) is 5.39 Å². The first kappa shape index (κ1) is 11.0. The predicted molar refractivity (Wildman–Crippen MR) is 70.8 cm³/mol. The Morgan fingerprint density at radius 1 is 1.41 bits per heavy atom. The molecule has 0 aromatic carbocycles. The van der Waals surface area contributed by atoms with Gasteiger partial charge in [-0.3, -0.25) is 4.79 Å². The summed E-state index contributed by atoms with van der Waals surface area (Å²) in [5.74, 6) is 1.60. The Balaban J connectivity index is 2.07. The zero-order chi connectivity index (χ0) is 12.0. The molecule has 0 unspecified atom stereocenters. The van der Waals surface area contributed by atoms with Crippen molar-refractivity contribution in [2.75, 3.05) is 0 Å². The van der Waals surface area contributed by atoms with Gasteiger partial charge in [-0.25, -0.2) is 4.98 Å². The van der Waals surface area contributed by atoms with Crippen molar-refractivity contribution in [3.8, 4) is 0 Å². The summed E-state index contributed by atoms with van der Waals surface area (Å²) in [6.45, 7) is 4.05. The monoisotopic (exact) mass is 248 g/mol. The molecule has 2 aromatic rings. The average Bonchev–Trinajstić information content (AvgIpc) is 2.49. The number of aromatic nitrogens is 2. The number of aromatic amines is 1. The van der Waals surface area contributed by atoms with Crippen LogP contribution in [0.5, 0.6) is 0 Å². The fourth-order valence-corrected chi connectivity index (χ4v) is 3.42. The topological polar surface area (TPSA) is 45.8 Å². The first-order valence-corrected chi connectivity index (χ1v) is 6.95. The average molecular weight is 248 g/mol. The van der Waals surface area contributed by atoms with Gasteiger partial charge in [0.25, 0.3) is 5.56 Å². The first-order valence-electron chi connectivity index (χ1n) is 6.14. The number of aryl methyl sites for hydroxylation is 2. The molecule has 0 aliphatic heterocycles. The lowest BCUT2D eigenvalue weighted by Gasteiger charge is -2.24. The van der Waals surface area contributed by atoms with Crippen molar-refractivity contribution in [2.45, 2.75) is 39.5 Å². The Morgan fingerprint density at radius 3 is 2.82 bits per heavy atom. The third kappa shape index (κ3) is 1.80. The van der Waals surface area contributed by atoms with E-state index in [0.717, 1.165) is 33.9 Å². The Labute approximate surface area is 104 Å². The number of nitrogens with zero attached hydrogens (tertiary/aromatic N) is 1. The van der Waals surface area contributed by atoms with Gasteiger partial charge in [0.1, 0.15) is 10.7 Å². The largest absolute Gasteiger partial charge is 0.310 e. The molecule has 4 heteroatoms. The van der Waals surface area contributed by atoms with Crippen LogP contribution in [0.3, 0.4) is 0 Å². The molecular weight excluding hydrogens is 232 g/mol. The molecule has 0 spiro atoms. The molecule has 1 N–H and O–H groups in total. The molecule has 1 aliphatic carbocycles. The molecule has 2 aromatic heterocycles. The number of rotatable bonds is 2. The summed E-state index contributed by atoms with van der Waals surface area (Å²) < 4.78 is 0. The van der Waals surface area contributed by atoms with Crippen LogP contribution in [0.1, 0.15) is 35.5 Å². The molecule has 2 heterocycles. The lowest BCUT2D eigenvalue weighted by molar-refractivity contribution is 0.309. The van der Waals surface area contributed by atoms with E-state index in [1.165, 1.54) is 24.1 Å². The van der Waals surface area contributed by atoms with E-state index < -0.39 is 0 Å². The van der Waals surface area contributed by atoms with E-state index >= 15 is 0 Å². The number of H-pyrrole nitrogens is 1. The fraction of sp³-hybridized carbons (Fsp3) is 0.538. The van der Waals surface area contributed by atoms with Crippen molar-refractivity contribution >= 4 is 21.6 Å². The Kier molecular flexibility index (Phi) is 2.54. The summed E-state index contributed by atoms with van der Waals surface area (Å²) in [5.41, 5.74) is 1.11. The van der Waals surface area contributed by atoms with Gasteiger partial charge >= 0.3 is 0 Å². The van der Waals surface area contributed by atoms with Crippen LogP contribution < -0.4 is 5.56 Å². The van der Waals surface area contributed by atoms with Crippen LogP contribution in [0, 0.1) is 19.8 Å². The van der Waals surface area contributed by atoms with Crippen LogP contribution in [0.4, 0.5) is 0 Å². The van der Waals surface area contributed by atoms with Crippen LogP contribution in [-0.4, -0.2) is 9.97 Å². The normalized spacial score (nSPS) is 16.4. The Bertz CT molecular complexity index is 622. The molecule has 1 saturated carbocycles. The highest BCUT2D eigenvalue weighted by Crippen LogP contribution is 2.30. The summed E-state index contributed by atoms with van der Waals surface area (Å²) >= 11 is 1.63. The highest BCUT2D eigenvalue weighted by Gasteiger charge is 2.20. The van der Waals surface area contributed by atoms with Crippen LogP contribution in [0.2, 0.25) is 0 Å². The molecule has 0 bridgehead atoms. The van der Waals surface area contributed by atoms with Gasteiger partial charge in [0.15, 0.2) is 0 Å². The lowest BCUT2D eigenvalue weighted by atomic mass is 9.83. The third-order valence-electron chi connectivity index (χ3n) is 3.79. The number of fused-ring (bicyclic) bond motifs is 1. The molecule has 3 nitrogen and oxygen atoms in total. The summed E-state index contributed by atoms with van der Waals surface area (Å²) in [7, 11) is 0. The maximum absolute atomic E-state index is 12.0. The lowest BCUT2D eigenvalue weighted by Crippen LogP contribution is -2.18. The minimum absolute atomic E-state index is 0.0335. The quantitative estimate of drug-likeness (QED) is 0.888. The van der Waals surface area contributed by atoms with Gasteiger partial charge in [0, 0.05) is 11.3 Å². The number of nitrogens with one attached hydrogen (secondary N) is 1. The Morgan fingerprint density at radius 2 is 2.18 bits per heavy atom. The Hall–Kier alpha value is -1.16. The molecule has 0 amide bonds. The standard InChI is InChI=1S/C13H16N2OS/c1-7-8(2)17-13-11(7)12(16)14-10(15-13)6-9-4-3-5-9/h9H,3-6H2,1-2H3,(H,14,15,16). The molecule has 0 atom stereocenters. The van der Waals surface area contributed by atoms with E-state index in [-0.39, 0.29) is 5.56 Å². The van der Waals surface area contributed by atoms with Gasteiger partial charge in [-0.05, 0) is 25.3 Å². The number of hydrogen-bond acceptors (Lipinski definition) is 3. The molecule has 1 aliphatic rings. The minimum atomic E-state index is 0.0335. The molecule has 3 rings (SSSR count). The van der Waals surface area contributed by atoms with Crippen molar-refractivity contribution in [3.05, 3.63) is 26.6 Å². The van der Waals surface area contributed by atoms with E-state index in [2.05, 4.69) is 9.97 Å². The summed E-state index contributed by atoms with van der Waals surface area (Å²) in [5, 5.41) is 0.782. The highest BCUT2D eigenvalue weighted by molar-refractivity contribution is 7.18. The highest BCUT2D eigenvalue weighted by atomic mass is 32.1. The first-order chi connectivity index (χ1) is 8.15.